The molecule has 1 aromatic carbocycles. The molecule has 0 aliphatic heterocycles. The summed E-state index contributed by atoms with van der Waals surface area (Å²) in [5, 5.41) is 19.7. The molecule has 134 valence electrons. The van der Waals surface area contributed by atoms with Crippen LogP contribution in [-0.2, 0) is 11.3 Å². The molecule has 0 spiro atoms. The quantitative estimate of drug-likeness (QED) is 0.696. The van der Waals surface area contributed by atoms with Gasteiger partial charge < -0.3 is 5.11 Å². The molecule has 0 aliphatic carbocycles. The molecule has 1 amide bonds. The lowest BCUT2D eigenvalue weighted by molar-refractivity contribution is -0.140. The first-order valence-electron chi connectivity index (χ1n) is 7.96. The van der Waals surface area contributed by atoms with E-state index in [9.17, 15) is 9.59 Å². The van der Waals surface area contributed by atoms with Gasteiger partial charge in [-0.1, -0.05) is 29.8 Å². The van der Waals surface area contributed by atoms with Gasteiger partial charge in [0, 0.05) is 6.20 Å². The fourth-order valence-electron chi connectivity index (χ4n) is 2.38. The van der Waals surface area contributed by atoms with E-state index in [1.54, 1.807) is 4.68 Å². The molecule has 0 saturated heterocycles. The van der Waals surface area contributed by atoms with Crippen LogP contribution in [0.5, 0.6) is 0 Å². The second-order valence-electron chi connectivity index (χ2n) is 5.90. The Hall–Kier alpha value is -3.49. The van der Waals surface area contributed by atoms with Gasteiger partial charge in [-0.2, -0.15) is 5.10 Å². The molecule has 26 heavy (non-hydrogen) atoms. The molecular weight excluding hydrogens is 336 g/mol. The summed E-state index contributed by atoms with van der Waals surface area (Å²) in [6.45, 7) is 4.03. The number of carbonyl (C=O) groups is 2. The number of amides is 1. The minimum absolute atomic E-state index is 0.0909. The number of rotatable bonds is 6. The molecule has 0 radical (unpaired) electrons. The Bertz CT molecular complexity index is 945. The zero-order valence-electron chi connectivity index (χ0n) is 14.3. The van der Waals surface area contributed by atoms with Crippen molar-refractivity contribution < 1.29 is 14.7 Å². The van der Waals surface area contributed by atoms with Gasteiger partial charge in [0.15, 0.2) is 5.69 Å². The molecule has 2 heterocycles. The van der Waals surface area contributed by atoms with Crippen molar-refractivity contribution >= 4 is 17.8 Å². The molecule has 1 unspecified atom stereocenters. The summed E-state index contributed by atoms with van der Waals surface area (Å²) in [5.74, 6) is -1.38. The van der Waals surface area contributed by atoms with Crippen molar-refractivity contribution in [3.63, 3.8) is 0 Å². The van der Waals surface area contributed by atoms with Crippen LogP contribution in [0.15, 0.2) is 42.9 Å². The monoisotopic (exact) mass is 354 g/mol. The van der Waals surface area contributed by atoms with Crippen LogP contribution >= 0.6 is 0 Å². The first-order chi connectivity index (χ1) is 12.4. The van der Waals surface area contributed by atoms with Crippen LogP contribution in [0.25, 0.3) is 0 Å². The number of carboxylic acids is 1. The highest BCUT2D eigenvalue weighted by molar-refractivity contribution is 6.01. The molecule has 9 heteroatoms. The lowest BCUT2D eigenvalue weighted by atomic mass is 10.1. The van der Waals surface area contributed by atoms with Crippen molar-refractivity contribution in [1.82, 2.24) is 24.5 Å². The topological polar surface area (TPSA) is 115 Å². The van der Waals surface area contributed by atoms with Crippen LogP contribution in [0.3, 0.4) is 0 Å². The van der Waals surface area contributed by atoms with Crippen molar-refractivity contribution in [2.75, 3.05) is 5.32 Å². The molecule has 3 aromatic rings. The van der Waals surface area contributed by atoms with Crippen LogP contribution < -0.4 is 5.32 Å². The largest absolute Gasteiger partial charge is 0.480 e. The number of carboxylic acid groups (broad SMARTS) is 1. The highest BCUT2D eigenvalue weighted by atomic mass is 16.4. The maximum absolute atomic E-state index is 12.2. The van der Waals surface area contributed by atoms with Crippen LogP contribution in [0.2, 0.25) is 0 Å². The SMILES string of the molecule is Cc1cccc(Cn2cnc(NC(=O)c3ccn(C(C)C(=O)O)n3)n2)c1. The van der Waals surface area contributed by atoms with Gasteiger partial charge >= 0.3 is 5.97 Å². The van der Waals surface area contributed by atoms with E-state index in [2.05, 4.69) is 26.6 Å². The second-order valence-corrected chi connectivity index (χ2v) is 5.90. The third-order valence-electron chi connectivity index (χ3n) is 3.78. The zero-order chi connectivity index (χ0) is 18.7. The van der Waals surface area contributed by atoms with Gasteiger partial charge in [-0.05, 0) is 25.5 Å². The minimum Gasteiger partial charge on any atom is -0.480 e. The maximum Gasteiger partial charge on any atom is 0.328 e. The zero-order valence-corrected chi connectivity index (χ0v) is 14.3. The average Bonchev–Trinajstić information content (AvgIpc) is 3.24. The second kappa shape index (κ2) is 7.18. The summed E-state index contributed by atoms with van der Waals surface area (Å²) >= 11 is 0. The van der Waals surface area contributed by atoms with Gasteiger partial charge in [0.25, 0.3) is 5.91 Å². The van der Waals surface area contributed by atoms with E-state index in [0.717, 1.165) is 11.1 Å². The third kappa shape index (κ3) is 3.94. The molecule has 1 atom stereocenters. The van der Waals surface area contributed by atoms with E-state index in [4.69, 9.17) is 5.11 Å². The summed E-state index contributed by atoms with van der Waals surface area (Å²) in [5.41, 5.74) is 2.32. The number of nitrogens with zero attached hydrogens (tertiary/aromatic N) is 5. The van der Waals surface area contributed by atoms with Crippen LogP contribution in [0, 0.1) is 6.92 Å². The Morgan fingerprint density at radius 2 is 2.08 bits per heavy atom. The Morgan fingerprint density at radius 1 is 1.27 bits per heavy atom. The molecule has 2 aromatic heterocycles. The predicted molar refractivity (Wildman–Crippen MR) is 92.8 cm³/mol. The molecule has 0 saturated carbocycles. The number of aryl methyl sites for hydroxylation is 1. The lowest BCUT2D eigenvalue weighted by Crippen LogP contribution is -2.18. The summed E-state index contributed by atoms with van der Waals surface area (Å²) < 4.78 is 2.83. The van der Waals surface area contributed by atoms with E-state index in [1.165, 1.54) is 30.2 Å². The number of anilines is 1. The van der Waals surface area contributed by atoms with E-state index in [-0.39, 0.29) is 11.6 Å². The molecule has 3 rings (SSSR count). The molecular formula is C17H18N6O3. The van der Waals surface area contributed by atoms with E-state index < -0.39 is 17.9 Å². The van der Waals surface area contributed by atoms with Crippen LogP contribution in [0.1, 0.15) is 34.6 Å². The summed E-state index contributed by atoms with van der Waals surface area (Å²) in [6, 6.07) is 8.61. The molecule has 0 aliphatic rings. The van der Waals surface area contributed by atoms with E-state index in [0.29, 0.717) is 6.54 Å². The Labute approximate surface area is 149 Å². The minimum atomic E-state index is -1.03. The number of aromatic nitrogens is 5. The summed E-state index contributed by atoms with van der Waals surface area (Å²) in [4.78, 5) is 27.2. The first-order valence-corrected chi connectivity index (χ1v) is 7.96. The van der Waals surface area contributed by atoms with Crippen LogP contribution in [-0.4, -0.2) is 41.5 Å². The number of hydrogen-bond acceptors (Lipinski definition) is 5. The highest BCUT2D eigenvalue weighted by Gasteiger charge is 2.17. The van der Waals surface area contributed by atoms with Crippen LogP contribution in [0.4, 0.5) is 5.95 Å². The van der Waals surface area contributed by atoms with Gasteiger partial charge in [-0.3, -0.25) is 14.8 Å². The average molecular weight is 354 g/mol. The van der Waals surface area contributed by atoms with Gasteiger partial charge in [0.1, 0.15) is 12.4 Å². The fraction of sp³-hybridized carbons (Fsp3) is 0.235. The third-order valence-corrected chi connectivity index (χ3v) is 3.78. The fourth-order valence-corrected chi connectivity index (χ4v) is 2.38. The Balaban J connectivity index is 1.65. The highest BCUT2D eigenvalue weighted by Crippen LogP contribution is 2.09. The number of hydrogen-bond donors (Lipinski definition) is 2. The normalized spacial score (nSPS) is 11.9. The molecule has 2 N–H and O–H groups in total. The number of benzene rings is 1. The molecule has 0 bridgehead atoms. The lowest BCUT2D eigenvalue weighted by Gasteiger charge is -2.05. The summed E-state index contributed by atoms with van der Waals surface area (Å²) in [7, 11) is 0. The van der Waals surface area contributed by atoms with Crippen molar-refractivity contribution in [3.05, 3.63) is 59.7 Å². The standard InChI is InChI=1S/C17H18N6O3/c1-11-4-3-5-13(8-11)9-22-10-18-17(21-22)19-15(24)14-6-7-23(20-14)12(2)16(25)26/h3-8,10,12H,9H2,1-2H3,(H,25,26)(H,19,21,24). The van der Waals surface area contributed by atoms with Gasteiger partial charge in [-0.25, -0.2) is 14.5 Å². The smallest absolute Gasteiger partial charge is 0.328 e. The number of aliphatic carboxylic acids is 1. The van der Waals surface area contributed by atoms with Crippen molar-refractivity contribution in [2.45, 2.75) is 26.4 Å². The predicted octanol–water partition coefficient (Wildman–Crippen LogP) is 1.73. The first kappa shape index (κ1) is 17.3. The van der Waals surface area contributed by atoms with Gasteiger partial charge in [0.2, 0.25) is 5.95 Å². The van der Waals surface area contributed by atoms with Gasteiger partial charge in [0.05, 0.1) is 6.54 Å². The number of carbonyl (C=O) groups excluding carboxylic acids is 1. The van der Waals surface area contributed by atoms with Crippen molar-refractivity contribution in [1.29, 1.82) is 0 Å². The van der Waals surface area contributed by atoms with Crippen molar-refractivity contribution in [3.8, 4) is 0 Å². The van der Waals surface area contributed by atoms with Crippen molar-refractivity contribution in [2.24, 2.45) is 0 Å². The number of nitrogens with one attached hydrogen (secondary N) is 1. The maximum atomic E-state index is 12.2. The molecule has 0 fully saturated rings. The summed E-state index contributed by atoms with van der Waals surface area (Å²) in [6.07, 6.45) is 2.97. The molecule has 9 nitrogen and oxygen atoms in total. The Morgan fingerprint density at radius 3 is 2.81 bits per heavy atom. The Kier molecular flexibility index (Phi) is 4.78. The van der Waals surface area contributed by atoms with Gasteiger partial charge in [-0.15, -0.1) is 5.10 Å². The van der Waals surface area contributed by atoms with E-state index >= 15 is 0 Å². The van der Waals surface area contributed by atoms with E-state index in [1.807, 2.05) is 25.1 Å².